The van der Waals surface area contributed by atoms with Gasteiger partial charge in [0.1, 0.15) is 19.0 Å². The molecule has 0 spiro atoms. The molecule has 0 unspecified atom stereocenters. The van der Waals surface area contributed by atoms with Crippen LogP contribution in [0.3, 0.4) is 0 Å². The van der Waals surface area contributed by atoms with E-state index in [2.05, 4.69) is 10.6 Å². The molecule has 25 heavy (non-hydrogen) atoms. The van der Waals surface area contributed by atoms with Gasteiger partial charge in [-0.25, -0.2) is 0 Å². The monoisotopic (exact) mass is 362 g/mol. The van der Waals surface area contributed by atoms with E-state index in [9.17, 15) is 4.79 Å². The number of fused-ring (bicyclic) bond motifs is 1. The van der Waals surface area contributed by atoms with Crippen molar-refractivity contribution in [2.75, 3.05) is 32.2 Å². The second kappa shape index (κ2) is 7.98. The lowest BCUT2D eigenvalue weighted by Gasteiger charge is -2.20. The minimum atomic E-state index is -0.145. The summed E-state index contributed by atoms with van der Waals surface area (Å²) in [5.41, 5.74) is 1.59. The maximum atomic E-state index is 12.0. The Labute approximate surface area is 151 Å². The molecule has 0 bridgehead atoms. The molecule has 2 N–H and O–H groups in total. The molecule has 1 amide bonds. The Balaban J connectivity index is 1.53. The fraction of sp³-hybridized carbons (Fsp3) is 0.278. The van der Waals surface area contributed by atoms with Gasteiger partial charge in [-0.05, 0) is 17.7 Å². The van der Waals surface area contributed by atoms with E-state index in [-0.39, 0.29) is 12.5 Å². The maximum absolute atomic E-state index is 12.0. The molecule has 132 valence electrons. The van der Waals surface area contributed by atoms with Crippen LogP contribution in [0.1, 0.15) is 5.56 Å². The van der Waals surface area contributed by atoms with Crippen LogP contribution in [0.4, 0.5) is 5.69 Å². The zero-order valence-corrected chi connectivity index (χ0v) is 14.6. The summed E-state index contributed by atoms with van der Waals surface area (Å²) in [4.78, 5) is 12.0. The number of hydrogen-bond acceptors (Lipinski definition) is 5. The average molecular weight is 363 g/mol. The van der Waals surface area contributed by atoms with Crippen LogP contribution in [0.25, 0.3) is 0 Å². The van der Waals surface area contributed by atoms with Gasteiger partial charge in [-0.2, -0.15) is 0 Å². The number of hydrogen-bond donors (Lipinski definition) is 2. The van der Waals surface area contributed by atoms with E-state index in [1.54, 1.807) is 19.2 Å². The van der Waals surface area contributed by atoms with E-state index in [1.807, 2.05) is 24.3 Å². The van der Waals surface area contributed by atoms with E-state index >= 15 is 0 Å². The number of carbonyl (C=O) groups excluding carboxylic acids is 1. The highest BCUT2D eigenvalue weighted by atomic mass is 35.5. The fourth-order valence-electron chi connectivity index (χ4n) is 2.42. The fourth-order valence-corrected chi connectivity index (χ4v) is 2.64. The van der Waals surface area contributed by atoms with Crippen molar-refractivity contribution >= 4 is 23.2 Å². The molecule has 2 aromatic carbocycles. The molecular formula is C18H19ClN2O4. The smallest absolute Gasteiger partial charge is 0.239 e. The Kier molecular flexibility index (Phi) is 5.50. The third-order valence-corrected chi connectivity index (χ3v) is 4.01. The van der Waals surface area contributed by atoms with Crippen molar-refractivity contribution in [2.24, 2.45) is 0 Å². The van der Waals surface area contributed by atoms with Crippen LogP contribution < -0.4 is 24.8 Å². The predicted molar refractivity (Wildman–Crippen MR) is 95.8 cm³/mol. The first-order valence-electron chi connectivity index (χ1n) is 7.88. The van der Waals surface area contributed by atoms with Crippen LogP contribution in [0, 0.1) is 0 Å². The van der Waals surface area contributed by atoms with E-state index in [0.717, 1.165) is 11.3 Å². The first-order valence-corrected chi connectivity index (χ1v) is 8.26. The Morgan fingerprint density at radius 3 is 2.72 bits per heavy atom. The number of amides is 1. The number of nitrogens with one attached hydrogen (secondary N) is 2. The molecule has 0 atom stereocenters. The quantitative estimate of drug-likeness (QED) is 0.827. The zero-order valence-electron chi connectivity index (χ0n) is 13.8. The summed E-state index contributed by atoms with van der Waals surface area (Å²) in [6.07, 6.45) is 0. The third-order valence-electron chi connectivity index (χ3n) is 3.70. The van der Waals surface area contributed by atoms with Crippen molar-refractivity contribution in [3.8, 4) is 17.2 Å². The van der Waals surface area contributed by atoms with Crippen molar-refractivity contribution in [1.29, 1.82) is 0 Å². The van der Waals surface area contributed by atoms with Crippen LogP contribution >= 0.6 is 11.6 Å². The lowest BCUT2D eigenvalue weighted by Crippen LogP contribution is -2.29. The van der Waals surface area contributed by atoms with Gasteiger partial charge in [0.05, 0.1) is 24.4 Å². The molecule has 0 aromatic heterocycles. The highest BCUT2D eigenvalue weighted by Crippen LogP contribution is 2.37. The van der Waals surface area contributed by atoms with Crippen LogP contribution in [0.15, 0.2) is 36.4 Å². The van der Waals surface area contributed by atoms with Crippen molar-refractivity contribution in [2.45, 2.75) is 6.54 Å². The van der Waals surface area contributed by atoms with E-state index < -0.39 is 0 Å². The molecule has 7 heteroatoms. The molecule has 0 radical (unpaired) electrons. The summed E-state index contributed by atoms with van der Waals surface area (Å²) < 4.78 is 16.1. The molecule has 0 aliphatic carbocycles. The van der Waals surface area contributed by atoms with Gasteiger partial charge in [-0.1, -0.05) is 23.7 Å². The van der Waals surface area contributed by atoms with Crippen LogP contribution in [-0.2, 0) is 11.3 Å². The van der Waals surface area contributed by atoms with Crippen molar-refractivity contribution in [1.82, 2.24) is 5.32 Å². The summed E-state index contributed by atoms with van der Waals surface area (Å²) in [6.45, 7) is 1.52. The number of methoxy groups -OCH3 is 1. The van der Waals surface area contributed by atoms with Gasteiger partial charge in [0.15, 0.2) is 11.5 Å². The normalized spacial score (nSPS) is 12.4. The third kappa shape index (κ3) is 4.48. The Bertz CT molecular complexity index is 767. The number of halogens is 1. The predicted octanol–water partition coefficient (Wildman–Crippen LogP) is 2.85. The SMILES string of the molecule is COc1cccc(CNC(=O)CNc2cc3c(cc2Cl)OCCO3)c1. The van der Waals surface area contributed by atoms with Crippen molar-refractivity contribution < 1.29 is 19.0 Å². The standard InChI is InChI=1S/C18H19ClN2O4/c1-23-13-4-2-3-12(7-13)10-21-18(22)11-20-15-9-17-16(8-14(15)19)24-5-6-25-17/h2-4,7-9,20H,5-6,10-11H2,1H3,(H,21,22). The molecule has 3 rings (SSSR count). The van der Waals surface area contributed by atoms with Crippen LogP contribution in [0.2, 0.25) is 5.02 Å². The molecule has 2 aromatic rings. The van der Waals surface area contributed by atoms with Gasteiger partial charge in [0, 0.05) is 18.7 Å². The minimum Gasteiger partial charge on any atom is -0.497 e. The van der Waals surface area contributed by atoms with Crippen molar-refractivity contribution in [3.63, 3.8) is 0 Å². The summed E-state index contributed by atoms with van der Waals surface area (Å²) in [5.74, 6) is 1.85. The number of benzene rings is 2. The first-order chi connectivity index (χ1) is 12.2. The molecule has 6 nitrogen and oxygen atoms in total. The number of carbonyl (C=O) groups is 1. The molecular weight excluding hydrogens is 344 g/mol. The van der Waals surface area contributed by atoms with Gasteiger partial charge in [0.2, 0.25) is 5.91 Å². The Morgan fingerprint density at radius 1 is 1.20 bits per heavy atom. The van der Waals surface area contributed by atoms with Crippen LogP contribution in [0.5, 0.6) is 17.2 Å². The summed E-state index contributed by atoms with van der Waals surface area (Å²) in [6, 6.07) is 11.0. The van der Waals surface area contributed by atoms with Crippen LogP contribution in [-0.4, -0.2) is 32.8 Å². The summed E-state index contributed by atoms with van der Waals surface area (Å²) >= 11 is 6.21. The lowest BCUT2D eigenvalue weighted by molar-refractivity contribution is -0.119. The number of rotatable bonds is 6. The Morgan fingerprint density at radius 2 is 1.96 bits per heavy atom. The minimum absolute atomic E-state index is 0.101. The average Bonchev–Trinajstić information content (AvgIpc) is 2.64. The summed E-state index contributed by atoms with van der Waals surface area (Å²) in [5, 5.41) is 6.34. The number of anilines is 1. The van der Waals surface area contributed by atoms with Gasteiger partial charge in [-0.3, -0.25) is 4.79 Å². The van der Waals surface area contributed by atoms with Gasteiger partial charge in [0.25, 0.3) is 0 Å². The highest BCUT2D eigenvalue weighted by molar-refractivity contribution is 6.33. The van der Waals surface area contributed by atoms with Crippen molar-refractivity contribution in [3.05, 3.63) is 47.0 Å². The molecule has 1 aliphatic rings. The van der Waals surface area contributed by atoms with Gasteiger partial charge in [-0.15, -0.1) is 0 Å². The highest BCUT2D eigenvalue weighted by Gasteiger charge is 2.15. The second-order valence-electron chi connectivity index (χ2n) is 5.46. The lowest BCUT2D eigenvalue weighted by atomic mass is 10.2. The molecule has 0 saturated heterocycles. The van der Waals surface area contributed by atoms with E-state index in [4.69, 9.17) is 25.8 Å². The molecule has 1 aliphatic heterocycles. The second-order valence-corrected chi connectivity index (χ2v) is 5.86. The van der Waals surface area contributed by atoms with Gasteiger partial charge >= 0.3 is 0 Å². The molecule has 0 fully saturated rings. The molecule has 1 heterocycles. The van der Waals surface area contributed by atoms with E-state index in [1.165, 1.54) is 0 Å². The zero-order chi connectivity index (χ0) is 17.6. The maximum Gasteiger partial charge on any atom is 0.239 e. The molecule has 0 saturated carbocycles. The Hall–Kier alpha value is -2.60. The topological polar surface area (TPSA) is 68.8 Å². The van der Waals surface area contributed by atoms with E-state index in [0.29, 0.717) is 42.0 Å². The number of ether oxygens (including phenoxy) is 3. The van der Waals surface area contributed by atoms with Gasteiger partial charge < -0.3 is 24.8 Å². The summed E-state index contributed by atoms with van der Waals surface area (Å²) in [7, 11) is 1.61. The largest absolute Gasteiger partial charge is 0.497 e. The first kappa shape index (κ1) is 17.2.